The van der Waals surface area contributed by atoms with Crippen molar-refractivity contribution in [3.8, 4) is 0 Å². The molecule has 90 valence electrons. The average Bonchev–Trinajstić information content (AvgIpc) is 2.88. The molecule has 0 aromatic carbocycles. The van der Waals surface area contributed by atoms with Crippen molar-refractivity contribution in [3.63, 3.8) is 0 Å². The average molecular weight is 249 g/mol. The van der Waals surface area contributed by atoms with Crippen molar-refractivity contribution in [2.24, 2.45) is 5.73 Å². The van der Waals surface area contributed by atoms with E-state index in [0.29, 0.717) is 12.6 Å². The van der Waals surface area contributed by atoms with E-state index in [1.807, 2.05) is 18.3 Å². The van der Waals surface area contributed by atoms with Gasteiger partial charge in [0.1, 0.15) is 5.76 Å². The molecule has 0 aliphatic heterocycles. The summed E-state index contributed by atoms with van der Waals surface area (Å²) in [5.41, 5.74) is 5.62. The van der Waals surface area contributed by atoms with E-state index in [0.717, 1.165) is 22.3 Å². The lowest BCUT2D eigenvalue weighted by atomic mass is 10.4. The topological polar surface area (TPSA) is 55.3 Å². The number of furan rings is 1. The fourth-order valence-electron chi connectivity index (χ4n) is 1.83. The first-order valence-corrected chi connectivity index (χ1v) is 6.62. The summed E-state index contributed by atoms with van der Waals surface area (Å²) in [6.07, 6.45) is 6.08. The molecule has 5 heteroatoms. The molecule has 0 bridgehead atoms. The van der Waals surface area contributed by atoms with Gasteiger partial charge in [-0.1, -0.05) is 0 Å². The molecule has 0 spiro atoms. The molecule has 17 heavy (non-hydrogen) atoms. The van der Waals surface area contributed by atoms with Crippen molar-refractivity contribution in [2.45, 2.75) is 32.0 Å². The molecule has 0 radical (unpaired) electrons. The molecule has 2 aromatic rings. The maximum absolute atomic E-state index is 5.62. The van der Waals surface area contributed by atoms with E-state index in [1.165, 1.54) is 12.8 Å². The van der Waals surface area contributed by atoms with E-state index in [4.69, 9.17) is 10.2 Å². The Morgan fingerprint density at radius 2 is 2.41 bits per heavy atom. The number of rotatable bonds is 5. The molecule has 0 amide bonds. The Morgan fingerprint density at radius 3 is 3.00 bits per heavy atom. The molecule has 0 unspecified atom stereocenters. The lowest BCUT2D eigenvalue weighted by Gasteiger charge is -2.19. The molecule has 2 heterocycles. The first kappa shape index (κ1) is 10.8. The molecule has 4 nitrogen and oxygen atoms in total. The van der Waals surface area contributed by atoms with Gasteiger partial charge in [0.15, 0.2) is 5.13 Å². The summed E-state index contributed by atoms with van der Waals surface area (Å²) in [6, 6.07) is 4.55. The third kappa shape index (κ3) is 2.35. The molecule has 3 rings (SSSR count). The van der Waals surface area contributed by atoms with Crippen LogP contribution in [0.3, 0.4) is 0 Å². The zero-order chi connectivity index (χ0) is 11.7. The summed E-state index contributed by atoms with van der Waals surface area (Å²) >= 11 is 1.68. The predicted octanol–water partition coefficient (Wildman–Crippen LogP) is 2.36. The van der Waals surface area contributed by atoms with E-state index in [9.17, 15) is 0 Å². The molecule has 0 saturated heterocycles. The third-order valence-electron chi connectivity index (χ3n) is 2.88. The Balaban J connectivity index is 1.79. The van der Waals surface area contributed by atoms with Gasteiger partial charge in [-0.05, 0) is 25.0 Å². The van der Waals surface area contributed by atoms with Gasteiger partial charge in [-0.3, -0.25) is 0 Å². The minimum Gasteiger partial charge on any atom is -0.467 e. The molecule has 1 aliphatic carbocycles. The smallest absolute Gasteiger partial charge is 0.186 e. The largest absolute Gasteiger partial charge is 0.467 e. The predicted molar refractivity (Wildman–Crippen MR) is 67.9 cm³/mol. The van der Waals surface area contributed by atoms with Gasteiger partial charge in [0.2, 0.25) is 0 Å². The second-order valence-electron chi connectivity index (χ2n) is 4.25. The number of nitrogens with two attached hydrogens (primary N) is 1. The Bertz CT molecular complexity index is 476. The van der Waals surface area contributed by atoms with Crippen LogP contribution in [0.5, 0.6) is 0 Å². The number of aromatic nitrogens is 1. The second-order valence-corrected chi connectivity index (χ2v) is 5.35. The molecule has 1 saturated carbocycles. The van der Waals surface area contributed by atoms with Gasteiger partial charge >= 0.3 is 0 Å². The van der Waals surface area contributed by atoms with E-state index in [1.54, 1.807) is 17.6 Å². The minimum atomic E-state index is 0.566. The van der Waals surface area contributed by atoms with Gasteiger partial charge in [0.05, 0.1) is 12.8 Å². The number of thiazole rings is 1. The van der Waals surface area contributed by atoms with Crippen molar-refractivity contribution < 1.29 is 4.42 Å². The minimum absolute atomic E-state index is 0.566. The zero-order valence-corrected chi connectivity index (χ0v) is 10.3. The van der Waals surface area contributed by atoms with Crippen LogP contribution in [0.25, 0.3) is 0 Å². The maximum atomic E-state index is 5.62. The van der Waals surface area contributed by atoms with Crippen LogP contribution in [0, 0.1) is 0 Å². The molecular formula is C12H15N3OS. The molecule has 0 atom stereocenters. The summed E-state index contributed by atoms with van der Waals surface area (Å²) in [5.74, 6) is 0.987. The van der Waals surface area contributed by atoms with Crippen LogP contribution in [0.4, 0.5) is 5.13 Å². The zero-order valence-electron chi connectivity index (χ0n) is 9.50. The maximum Gasteiger partial charge on any atom is 0.186 e. The molecular weight excluding hydrogens is 234 g/mol. The van der Waals surface area contributed by atoms with E-state index >= 15 is 0 Å². The molecule has 2 aromatic heterocycles. The van der Waals surface area contributed by atoms with Gasteiger partial charge in [0.25, 0.3) is 0 Å². The van der Waals surface area contributed by atoms with Crippen LogP contribution in [0.1, 0.15) is 23.5 Å². The highest BCUT2D eigenvalue weighted by molar-refractivity contribution is 7.15. The summed E-state index contributed by atoms with van der Waals surface area (Å²) in [5, 5.41) is 1.06. The van der Waals surface area contributed by atoms with Gasteiger partial charge in [-0.25, -0.2) is 4.98 Å². The highest BCUT2D eigenvalue weighted by Gasteiger charge is 2.31. The fraction of sp³-hybridized carbons (Fsp3) is 0.417. The monoisotopic (exact) mass is 249 g/mol. The first-order chi connectivity index (χ1) is 8.36. The lowest BCUT2D eigenvalue weighted by molar-refractivity contribution is 0.501. The quantitative estimate of drug-likeness (QED) is 0.883. The third-order valence-corrected chi connectivity index (χ3v) is 3.94. The number of anilines is 1. The summed E-state index contributed by atoms with van der Waals surface area (Å²) in [6.45, 7) is 1.37. The van der Waals surface area contributed by atoms with E-state index < -0.39 is 0 Å². The van der Waals surface area contributed by atoms with Crippen LogP contribution in [-0.2, 0) is 13.1 Å². The molecule has 2 N–H and O–H groups in total. The van der Waals surface area contributed by atoms with Crippen molar-refractivity contribution >= 4 is 16.5 Å². The van der Waals surface area contributed by atoms with Crippen molar-refractivity contribution in [1.82, 2.24) is 4.98 Å². The van der Waals surface area contributed by atoms with Gasteiger partial charge in [0, 0.05) is 23.7 Å². The standard InChI is InChI=1S/C12H15N3OS/c13-6-11-7-14-12(17-11)15(9-3-4-9)8-10-2-1-5-16-10/h1-2,5,7,9H,3-4,6,8,13H2. The van der Waals surface area contributed by atoms with Gasteiger partial charge in [-0.15, -0.1) is 11.3 Å². The van der Waals surface area contributed by atoms with Crippen LogP contribution in [0.15, 0.2) is 29.0 Å². The molecule has 1 aliphatic rings. The highest BCUT2D eigenvalue weighted by atomic mass is 32.1. The highest BCUT2D eigenvalue weighted by Crippen LogP contribution is 2.35. The Hall–Kier alpha value is -1.33. The Morgan fingerprint density at radius 1 is 1.53 bits per heavy atom. The van der Waals surface area contributed by atoms with Gasteiger partial charge < -0.3 is 15.1 Å². The Labute approximate surface area is 104 Å². The van der Waals surface area contributed by atoms with Gasteiger partial charge in [-0.2, -0.15) is 0 Å². The Kier molecular flexibility index (Phi) is 2.86. The second kappa shape index (κ2) is 4.50. The molecule has 1 fully saturated rings. The van der Waals surface area contributed by atoms with Crippen molar-refractivity contribution in [1.29, 1.82) is 0 Å². The fourth-order valence-corrected chi connectivity index (χ4v) is 2.69. The SMILES string of the molecule is NCc1cnc(N(Cc2ccco2)C2CC2)s1. The van der Waals surface area contributed by atoms with E-state index in [-0.39, 0.29) is 0 Å². The number of hydrogen-bond donors (Lipinski definition) is 1. The van der Waals surface area contributed by atoms with Crippen LogP contribution in [-0.4, -0.2) is 11.0 Å². The van der Waals surface area contributed by atoms with Crippen LogP contribution in [0.2, 0.25) is 0 Å². The van der Waals surface area contributed by atoms with Crippen molar-refractivity contribution in [3.05, 3.63) is 35.2 Å². The first-order valence-electron chi connectivity index (χ1n) is 5.80. The van der Waals surface area contributed by atoms with Crippen LogP contribution < -0.4 is 10.6 Å². The summed E-state index contributed by atoms with van der Waals surface area (Å²) in [7, 11) is 0. The normalized spacial score (nSPS) is 15.1. The number of nitrogens with zero attached hydrogens (tertiary/aromatic N) is 2. The summed E-state index contributed by atoms with van der Waals surface area (Å²) < 4.78 is 5.41. The van der Waals surface area contributed by atoms with Crippen LogP contribution >= 0.6 is 11.3 Å². The van der Waals surface area contributed by atoms with E-state index in [2.05, 4.69) is 9.88 Å². The lowest BCUT2D eigenvalue weighted by Crippen LogP contribution is -2.24. The van der Waals surface area contributed by atoms with Crippen molar-refractivity contribution in [2.75, 3.05) is 4.90 Å². The summed E-state index contributed by atoms with van der Waals surface area (Å²) in [4.78, 5) is 7.90. The number of hydrogen-bond acceptors (Lipinski definition) is 5.